The largest absolute Gasteiger partial charge is 0.508 e. The highest BCUT2D eigenvalue weighted by Crippen LogP contribution is 2.23. The van der Waals surface area contributed by atoms with Crippen LogP contribution in [0.25, 0.3) is 0 Å². The minimum Gasteiger partial charge on any atom is -0.508 e. The molecule has 0 bridgehead atoms. The molecule has 3 N–H and O–H groups in total. The average molecular weight is 377 g/mol. The highest BCUT2D eigenvalue weighted by Gasteiger charge is 2.27. The first-order valence-electron chi connectivity index (χ1n) is 9.64. The quantitative estimate of drug-likeness (QED) is 0.499. The van der Waals surface area contributed by atoms with E-state index in [0.717, 1.165) is 31.0 Å². The van der Waals surface area contributed by atoms with E-state index in [1.54, 1.807) is 13.2 Å². The highest BCUT2D eigenvalue weighted by molar-refractivity contribution is 5.81. The number of phenolic OH excluding ortho intramolecular Hbond substituents is 1. The number of phenols is 1. The summed E-state index contributed by atoms with van der Waals surface area (Å²) in [5.74, 6) is 1.84. The highest BCUT2D eigenvalue weighted by atomic mass is 16.5. The molecule has 27 heavy (non-hydrogen) atoms. The number of likely N-dealkylation sites (tertiary alicyclic amines) is 1. The number of ether oxygens (including phenoxy) is 1. The predicted octanol–water partition coefficient (Wildman–Crippen LogP) is 1.76. The lowest BCUT2D eigenvalue weighted by Gasteiger charge is -2.20. The summed E-state index contributed by atoms with van der Waals surface area (Å²) in [5, 5.41) is 16.7. The Balaban J connectivity index is 1.90. The van der Waals surface area contributed by atoms with Crippen molar-refractivity contribution in [1.82, 2.24) is 15.5 Å². The van der Waals surface area contributed by atoms with Crippen molar-refractivity contribution in [2.45, 2.75) is 39.7 Å². The summed E-state index contributed by atoms with van der Waals surface area (Å²) in [6, 6.07) is 5.51. The van der Waals surface area contributed by atoms with E-state index in [4.69, 9.17) is 4.74 Å². The maximum Gasteiger partial charge on any atom is 0.225 e. The third-order valence-corrected chi connectivity index (χ3v) is 4.62. The molecule has 2 rings (SSSR count). The van der Waals surface area contributed by atoms with Crippen LogP contribution in [0.1, 0.15) is 32.8 Å². The van der Waals surface area contributed by atoms with Gasteiger partial charge in [0.2, 0.25) is 5.91 Å². The maximum absolute atomic E-state index is 12.1. The van der Waals surface area contributed by atoms with E-state index in [1.165, 1.54) is 0 Å². The van der Waals surface area contributed by atoms with Crippen molar-refractivity contribution in [3.05, 3.63) is 23.8 Å². The van der Waals surface area contributed by atoms with Crippen LogP contribution in [0, 0.1) is 5.92 Å². The minimum atomic E-state index is 0.0304. The molecule has 1 aliphatic rings. The van der Waals surface area contributed by atoms with Gasteiger partial charge < -0.3 is 25.4 Å². The van der Waals surface area contributed by atoms with Crippen molar-refractivity contribution in [1.29, 1.82) is 0 Å². The lowest BCUT2D eigenvalue weighted by atomic mass is 10.1. The Morgan fingerprint density at radius 3 is 2.85 bits per heavy atom. The molecule has 7 nitrogen and oxygen atoms in total. The van der Waals surface area contributed by atoms with Gasteiger partial charge in [0.15, 0.2) is 5.96 Å². The van der Waals surface area contributed by atoms with E-state index in [1.807, 2.05) is 37.8 Å². The summed E-state index contributed by atoms with van der Waals surface area (Å²) in [5.41, 5.74) is 0.838. The zero-order valence-corrected chi connectivity index (χ0v) is 16.8. The molecule has 1 aromatic rings. The van der Waals surface area contributed by atoms with E-state index < -0.39 is 0 Å². The third kappa shape index (κ3) is 6.05. The first-order chi connectivity index (χ1) is 12.9. The van der Waals surface area contributed by atoms with Crippen LogP contribution in [-0.4, -0.2) is 61.2 Å². The first kappa shape index (κ1) is 20.9. The van der Waals surface area contributed by atoms with Gasteiger partial charge in [-0.15, -0.1) is 0 Å². The number of benzene rings is 1. The molecule has 7 heteroatoms. The first-order valence-corrected chi connectivity index (χ1v) is 9.64. The Bertz CT molecular complexity index is 661. The van der Waals surface area contributed by atoms with Gasteiger partial charge in [-0.2, -0.15) is 0 Å². The van der Waals surface area contributed by atoms with Crippen LogP contribution in [0.15, 0.2) is 23.2 Å². The normalized spacial score (nSPS) is 17.3. The SMILES string of the molecule is CCNC(=NCCc1ccc(OC)cc1O)NC1CCN(C(=O)C(C)C)C1. The van der Waals surface area contributed by atoms with Crippen LogP contribution < -0.4 is 15.4 Å². The topological polar surface area (TPSA) is 86.2 Å². The van der Waals surface area contributed by atoms with E-state index in [0.29, 0.717) is 25.3 Å². The number of methoxy groups -OCH3 is 1. The second-order valence-corrected chi connectivity index (χ2v) is 7.07. The van der Waals surface area contributed by atoms with Crippen LogP contribution in [0.2, 0.25) is 0 Å². The fourth-order valence-electron chi connectivity index (χ4n) is 3.13. The van der Waals surface area contributed by atoms with E-state index in [2.05, 4.69) is 15.6 Å². The number of aromatic hydroxyl groups is 1. The number of carbonyl (C=O) groups excluding carboxylic acids is 1. The molecule has 1 fully saturated rings. The molecule has 1 amide bonds. The number of guanidine groups is 1. The molecular weight excluding hydrogens is 344 g/mol. The van der Waals surface area contributed by atoms with Crippen LogP contribution in [0.5, 0.6) is 11.5 Å². The minimum absolute atomic E-state index is 0.0304. The molecule has 0 aliphatic carbocycles. The van der Waals surface area contributed by atoms with Crippen LogP contribution in [0.3, 0.4) is 0 Å². The van der Waals surface area contributed by atoms with Gasteiger partial charge in [0.25, 0.3) is 0 Å². The Morgan fingerprint density at radius 2 is 2.22 bits per heavy atom. The van der Waals surface area contributed by atoms with Crippen molar-refractivity contribution in [3.63, 3.8) is 0 Å². The van der Waals surface area contributed by atoms with Crippen LogP contribution >= 0.6 is 0 Å². The molecule has 1 aromatic carbocycles. The summed E-state index contributed by atoms with van der Waals surface area (Å²) < 4.78 is 5.10. The monoisotopic (exact) mass is 376 g/mol. The van der Waals surface area contributed by atoms with Crippen molar-refractivity contribution in [2.24, 2.45) is 10.9 Å². The van der Waals surface area contributed by atoms with Gasteiger partial charge in [0.1, 0.15) is 11.5 Å². The maximum atomic E-state index is 12.1. The number of hydrogen-bond acceptors (Lipinski definition) is 4. The molecule has 0 spiro atoms. The van der Waals surface area contributed by atoms with Crippen molar-refractivity contribution < 1.29 is 14.6 Å². The molecular formula is C20H32N4O3. The van der Waals surface area contributed by atoms with Crippen molar-refractivity contribution >= 4 is 11.9 Å². The Labute approximate surface area is 161 Å². The number of nitrogens with zero attached hydrogens (tertiary/aromatic N) is 2. The lowest BCUT2D eigenvalue weighted by molar-refractivity contribution is -0.133. The van der Waals surface area contributed by atoms with Gasteiger partial charge >= 0.3 is 0 Å². The number of carbonyl (C=O) groups is 1. The van der Waals surface area contributed by atoms with E-state index >= 15 is 0 Å². The predicted molar refractivity (Wildman–Crippen MR) is 107 cm³/mol. The fourth-order valence-corrected chi connectivity index (χ4v) is 3.13. The Kier molecular flexibility index (Phi) is 7.76. The number of amides is 1. The average Bonchev–Trinajstić information content (AvgIpc) is 3.10. The van der Waals surface area contributed by atoms with Gasteiger partial charge in [0.05, 0.1) is 7.11 Å². The van der Waals surface area contributed by atoms with Crippen molar-refractivity contribution in [2.75, 3.05) is 33.3 Å². The molecule has 1 unspecified atom stereocenters. The number of aliphatic imine (C=N–C) groups is 1. The van der Waals surface area contributed by atoms with E-state index in [9.17, 15) is 9.90 Å². The third-order valence-electron chi connectivity index (χ3n) is 4.62. The zero-order chi connectivity index (χ0) is 19.8. The number of hydrogen-bond donors (Lipinski definition) is 3. The second-order valence-electron chi connectivity index (χ2n) is 7.07. The Morgan fingerprint density at radius 1 is 1.44 bits per heavy atom. The lowest BCUT2D eigenvalue weighted by Crippen LogP contribution is -2.45. The summed E-state index contributed by atoms with van der Waals surface area (Å²) in [4.78, 5) is 18.7. The smallest absolute Gasteiger partial charge is 0.225 e. The van der Waals surface area contributed by atoms with Gasteiger partial charge in [0, 0.05) is 44.2 Å². The number of nitrogens with one attached hydrogen (secondary N) is 2. The molecule has 1 saturated heterocycles. The molecule has 0 aromatic heterocycles. The summed E-state index contributed by atoms with van der Waals surface area (Å²) >= 11 is 0. The zero-order valence-electron chi connectivity index (χ0n) is 16.8. The van der Waals surface area contributed by atoms with Gasteiger partial charge in [-0.3, -0.25) is 9.79 Å². The molecule has 150 valence electrons. The molecule has 0 radical (unpaired) electrons. The van der Waals surface area contributed by atoms with Crippen LogP contribution in [0.4, 0.5) is 0 Å². The second kappa shape index (κ2) is 10.0. The molecule has 1 atom stereocenters. The molecule has 0 saturated carbocycles. The van der Waals surface area contributed by atoms with Gasteiger partial charge in [-0.05, 0) is 31.4 Å². The summed E-state index contributed by atoms with van der Waals surface area (Å²) in [6.07, 6.45) is 1.55. The van der Waals surface area contributed by atoms with Gasteiger partial charge in [-0.1, -0.05) is 19.9 Å². The van der Waals surface area contributed by atoms with Crippen LogP contribution in [-0.2, 0) is 11.2 Å². The molecule has 1 heterocycles. The number of rotatable bonds is 7. The van der Waals surface area contributed by atoms with Gasteiger partial charge in [-0.25, -0.2) is 0 Å². The Hall–Kier alpha value is -2.44. The standard InChI is InChI=1S/C20H32N4O3/c1-5-21-20(23-16-9-11-24(13-16)19(26)14(2)3)22-10-8-15-6-7-17(27-4)12-18(15)25/h6-7,12,14,16,25H,5,8-11,13H2,1-4H3,(H2,21,22,23). The summed E-state index contributed by atoms with van der Waals surface area (Å²) in [7, 11) is 1.58. The van der Waals surface area contributed by atoms with Crippen molar-refractivity contribution in [3.8, 4) is 11.5 Å². The summed E-state index contributed by atoms with van der Waals surface area (Å²) in [6.45, 7) is 8.70. The fraction of sp³-hybridized carbons (Fsp3) is 0.600. The van der Waals surface area contributed by atoms with E-state index in [-0.39, 0.29) is 23.6 Å². The molecule has 1 aliphatic heterocycles.